The SMILES string of the molecule is C=CCn1nnnc1NCc1c(Br)ccc(OC)c1OCCC. The standard InChI is InChI=1S/C15H20BrN5O2/c1-4-8-21-15(18-19-20-21)17-10-11-12(16)6-7-13(22-3)14(11)23-9-5-2/h4,6-7H,1,5,8-10H2,2-3H3,(H,17,18,20). The number of hydrogen-bond donors (Lipinski definition) is 1. The average molecular weight is 382 g/mol. The normalized spacial score (nSPS) is 10.4. The second kappa shape index (κ2) is 8.52. The molecule has 0 aliphatic carbocycles. The van der Waals surface area contributed by atoms with Gasteiger partial charge < -0.3 is 14.8 Å². The van der Waals surface area contributed by atoms with E-state index in [4.69, 9.17) is 9.47 Å². The molecular formula is C15H20BrN5O2. The third-order valence-electron chi connectivity index (χ3n) is 3.09. The Morgan fingerprint density at radius 1 is 1.43 bits per heavy atom. The van der Waals surface area contributed by atoms with Crippen molar-refractivity contribution < 1.29 is 9.47 Å². The van der Waals surface area contributed by atoms with Crippen LogP contribution in [0.5, 0.6) is 11.5 Å². The Kier molecular flexibility index (Phi) is 6.40. The van der Waals surface area contributed by atoms with E-state index in [-0.39, 0.29) is 0 Å². The molecule has 0 atom stereocenters. The highest BCUT2D eigenvalue weighted by Gasteiger charge is 2.15. The molecule has 0 bridgehead atoms. The number of ether oxygens (including phenoxy) is 2. The predicted octanol–water partition coefficient (Wildman–Crippen LogP) is 3.03. The molecule has 1 heterocycles. The van der Waals surface area contributed by atoms with Crippen molar-refractivity contribution in [3.8, 4) is 11.5 Å². The van der Waals surface area contributed by atoms with Crippen LogP contribution in [-0.2, 0) is 13.1 Å². The summed E-state index contributed by atoms with van der Waals surface area (Å²) in [6, 6.07) is 3.81. The van der Waals surface area contributed by atoms with Crippen LogP contribution in [0.25, 0.3) is 0 Å². The van der Waals surface area contributed by atoms with Gasteiger partial charge in [-0.05, 0) is 29.0 Å². The highest BCUT2D eigenvalue weighted by atomic mass is 79.9. The van der Waals surface area contributed by atoms with Crippen molar-refractivity contribution in [2.45, 2.75) is 26.4 Å². The van der Waals surface area contributed by atoms with Gasteiger partial charge in [0.15, 0.2) is 11.5 Å². The van der Waals surface area contributed by atoms with Crippen molar-refractivity contribution in [3.63, 3.8) is 0 Å². The van der Waals surface area contributed by atoms with E-state index in [1.807, 2.05) is 12.1 Å². The number of allylic oxidation sites excluding steroid dienone is 1. The summed E-state index contributed by atoms with van der Waals surface area (Å²) in [4.78, 5) is 0. The van der Waals surface area contributed by atoms with E-state index < -0.39 is 0 Å². The summed E-state index contributed by atoms with van der Waals surface area (Å²) < 4.78 is 13.8. The molecule has 8 heteroatoms. The molecule has 1 aromatic heterocycles. The largest absolute Gasteiger partial charge is 0.493 e. The van der Waals surface area contributed by atoms with Gasteiger partial charge >= 0.3 is 0 Å². The maximum Gasteiger partial charge on any atom is 0.243 e. The molecule has 124 valence electrons. The zero-order chi connectivity index (χ0) is 16.7. The van der Waals surface area contributed by atoms with Crippen LogP contribution < -0.4 is 14.8 Å². The van der Waals surface area contributed by atoms with Gasteiger partial charge in [-0.25, -0.2) is 4.68 Å². The number of nitrogens with zero attached hydrogens (tertiary/aromatic N) is 4. The van der Waals surface area contributed by atoms with Gasteiger partial charge in [-0.1, -0.05) is 34.0 Å². The second-order valence-corrected chi connectivity index (χ2v) is 5.59. The number of anilines is 1. The minimum atomic E-state index is 0.494. The molecule has 0 aliphatic rings. The molecule has 1 aromatic carbocycles. The first kappa shape index (κ1) is 17.3. The third kappa shape index (κ3) is 4.22. The molecule has 23 heavy (non-hydrogen) atoms. The number of halogens is 1. The number of aromatic nitrogens is 4. The number of methoxy groups -OCH3 is 1. The molecule has 0 saturated carbocycles. The number of benzene rings is 1. The van der Waals surface area contributed by atoms with Crippen LogP contribution in [0.2, 0.25) is 0 Å². The summed E-state index contributed by atoms with van der Waals surface area (Å²) in [5.41, 5.74) is 0.950. The third-order valence-corrected chi connectivity index (χ3v) is 3.84. The quantitative estimate of drug-likeness (QED) is 0.672. The van der Waals surface area contributed by atoms with Crippen molar-refractivity contribution in [1.29, 1.82) is 0 Å². The van der Waals surface area contributed by atoms with Gasteiger partial charge in [0.2, 0.25) is 5.95 Å². The van der Waals surface area contributed by atoms with E-state index in [0.29, 0.717) is 31.4 Å². The minimum Gasteiger partial charge on any atom is -0.493 e. The molecule has 0 saturated heterocycles. The van der Waals surface area contributed by atoms with Gasteiger partial charge in [0.25, 0.3) is 0 Å². The zero-order valence-corrected chi connectivity index (χ0v) is 14.8. The lowest BCUT2D eigenvalue weighted by molar-refractivity contribution is 0.291. The van der Waals surface area contributed by atoms with Crippen molar-refractivity contribution in [2.75, 3.05) is 19.0 Å². The first-order valence-electron chi connectivity index (χ1n) is 7.30. The molecular weight excluding hydrogens is 362 g/mol. The first-order chi connectivity index (χ1) is 11.2. The monoisotopic (exact) mass is 381 g/mol. The fraction of sp³-hybridized carbons (Fsp3) is 0.400. The van der Waals surface area contributed by atoms with E-state index in [2.05, 4.69) is 50.3 Å². The molecule has 2 aromatic rings. The van der Waals surface area contributed by atoms with Gasteiger partial charge in [-0.3, -0.25) is 0 Å². The Hall–Kier alpha value is -2.09. The zero-order valence-electron chi connectivity index (χ0n) is 13.3. The van der Waals surface area contributed by atoms with Crippen LogP contribution in [0.3, 0.4) is 0 Å². The van der Waals surface area contributed by atoms with Crippen molar-refractivity contribution >= 4 is 21.9 Å². The van der Waals surface area contributed by atoms with Gasteiger partial charge in [0.05, 0.1) is 20.3 Å². The Morgan fingerprint density at radius 3 is 2.96 bits per heavy atom. The highest BCUT2D eigenvalue weighted by molar-refractivity contribution is 9.10. The summed E-state index contributed by atoms with van der Waals surface area (Å²) in [5, 5.41) is 14.8. The molecule has 0 radical (unpaired) electrons. The molecule has 0 aliphatic heterocycles. The van der Waals surface area contributed by atoms with Crippen molar-refractivity contribution in [3.05, 3.63) is 34.8 Å². The van der Waals surface area contributed by atoms with E-state index in [1.54, 1.807) is 17.9 Å². The summed E-state index contributed by atoms with van der Waals surface area (Å²) >= 11 is 3.57. The van der Waals surface area contributed by atoms with Gasteiger partial charge in [-0.15, -0.1) is 6.58 Å². The Bertz CT molecular complexity index is 659. The summed E-state index contributed by atoms with van der Waals surface area (Å²) in [6.45, 7) is 7.40. The van der Waals surface area contributed by atoms with Crippen molar-refractivity contribution in [1.82, 2.24) is 20.2 Å². The molecule has 2 rings (SSSR count). The topological polar surface area (TPSA) is 74.1 Å². The van der Waals surface area contributed by atoms with Gasteiger partial charge in [-0.2, -0.15) is 0 Å². The predicted molar refractivity (Wildman–Crippen MR) is 91.8 cm³/mol. The summed E-state index contributed by atoms with van der Waals surface area (Å²) in [7, 11) is 1.63. The van der Waals surface area contributed by atoms with Crippen LogP contribution >= 0.6 is 15.9 Å². The molecule has 0 fully saturated rings. The first-order valence-corrected chi connectivity index (χ1v) is 8.09. The molecule has 1 N–H and O–H groups in total. The molecule has 0 unspecified atom stereocenters. The van der Waals surface area contributed by atoms with E-state index in [9.17, 15) is 0 Å². The fourth-order valence-electron chi connectivity index (χ4n) is 2.01. The van der Waals surface area contributed by atoms with Crippen LogP contribution in [0.15, 0.2) is 29.3 Å². The second-order valence-electron chi connectivity index (χ2n) is 4.73. The lowest BCUT2D eigenvalue weighted by Crippen LogP contribution is -2.10. The summed E-state index contributed by atoms with van der Waals surface area (Å²) in [5.74, 6) is 1.99. The smallest absolute Gasteiger partial charge is 0.243 e. The van der Waals surface area contributed by atoms with Crippen LogP contribution in [0.1, 0.15) is 18.9 Å². The van der Waals surface area contributed by atoms with E-state index in [1.165, 1.54) is 0 Å². The Morgan fingerprint density at radius 2 is 2.26 bits per heavy atom. The number of rotatable bonds is 9. The molecule has 7 nitrogen and oxygen atoms in total. The Labute approximate surface area is 143 Å². The lowest BCUT2D eigenvalue weighted by Gasteiger charge is -2.16. The maximum absolute atomic E-state index is 5.87. The van der Waals surface area contributed by atoms with Crippen LogP contribution in [-0.4, -0.2) is 33.9 Å². The lowest BCUT2D eigenvalue weighted by atomic mass is 10.2. The van der Waals surface area contributed by atoms with E-state index in [0.717, 1.165) is 22.2 Å². The van der Waals surface area contributed by atoms with Gasteiger partial charge in [0.1, 0.15) is 0 Å². The minimum absolute atomic E-state index is 0.494. The van der Waals surface area contributed by atoms with Crippen molar-refractivity contribution in [2.24, 2.45) is 0 Å². The van der Waals surface area contributed by atoms with E-state index >= 15 is 0 Å². The Balaban J connectivity index is 2.23. The van der Waals surface area contributed by atoms with Crippen LogP contribution in [0, 0.1) is 0 Å². The van der Waals surface area contributed by atoms with Gasteiger partial charge in [0, 0.05) is 16.6 Å². The summed E-state index contributed by atoms with van der Waals surface area (Å²) in [6.07, 6.45) is 2.65. The maximum atomic E-state index is 5.87. The number of nitrogens with one attached hydrogen (secondary N) is 1. The molecule has 0 spiro atoms. The molecule has 0 amide bonds. The van der Waals surface area contributed by atoms with Crippen LogP contribution in [0.4, 0.5) is 5.95 Å². The fourth-order valence-corrected chi connectivity index (χ4v) is 2.47. The average Bonchev–Trinajstić information content (AvgIpc) is 2.99. The number of hydrogen-bond acceptors (Lipinski definition) is 6. The highest BCUT2D eigenvalue weighted by Crippen LogP contribution is 2.36. The number of tetrazole rings is 1.